The number of hydrogen-bond donors (Lipinski definition) is 3. The highest BCUT2D eigenvalue weighted by atomic mass is 35.5. The third-order valence-corrected chi connectivity index (χ3v) is 8.96. The summed E-state index contributed by atoms with van der Waals surface area (Å²) >= 11 is 7.74. The second-order valence-corrected chi connectivity index (χ2v) is 12.4. The van der Waals surface area contributed by atoms with E-state index < -0.39 is 21.7 Å². The van der Waals surface area contributed by atoms with E-state index in [1.165, 1.54) is 11.3 Å². The van der Waals surface area contributed by atoms with Gasteiger partial charge in [-0.15, -0.1) is 16.4 Å². The lowest BCUT2D eigenvalue weighted by Gasteiger charge is -2.46. The van der Waals surface area contributed by atoms with Crippen LogP contribution in [-0.4, -0.2) is 46.9 Å². The number of aryl methyl sites for hydroxylation is 1. The second kappa shape index (κ2) is 9.21. The number of piperidine rings is 1. The average molecular weight is 524 g/mol. The zero-order chi connectivity index (χ0) is 23.9. The third kappa shape index (κ3) is 4.86. The van der Waals surface area contributed by atoms with E-state index >= 15 is 0 Å². The lowest BCUT2D eigenvalue weighted by Crippen LogP contribution is -2.50. The maximum absolute atomic E-state index is 12.4. The number of nitrogens with one attached hydrogen (secondary N) is 2. The molecule has 0 bridgehead atoms. The highest BCUT2D eigenvalue weighted by Gasteiger charge is 2.48. The Labute approximate surface area is 207 Å². The summed E-state index contributed by atoms with van der Waals surface area (Å²) in [6.45, 7) is 2.48. The monoisotopic (exact) mass is 523 g/mol. The van der Waals surface area contributed by atoms with E-state index in [0.717, 1.165) is 22.6 Å². The van der Waals surface area contributed by atoms with Crippen molar-refractivity contribution in [2.24, 2.45) is 0 Å². The quantitative estimate of drug-likeness (QED) is 0.454. The van der Waals surface area contributed by atoms with Crippen LogP contribution < -0.4 is 10.0 Å². The van der Waals surface area contributed by atoms with Crippen LogP contribution >= 0.6 is 22.9 Å². The molecule has 2 aromatic heterocycles. The number of rotatable bonds is 6. The molecule has 12 heteroatoms. The molecule has 2 aliphatic rings. The number of thiophene rings is 1. The van der Waals surface area contributed by atoms with Gasteiger partial charge in [0, 0.05) is 28.6 Å². The van der Waals surface area contributed by atoms with Gasteiger partial charge in [-0.05, 0) is 31.5 Å². The average Bonchev–Trinajstić information content (AvgIpc) is 3.43. The molecule has 1 aromatic carbocycles. The number of fused-ring (bicyclic) bond motifs is 2. The molecule has 0 radical (unpaired) electrons. The van der Waals surface area contributed by atoms with Gasteiger partial charge in [0.1, 0.15) is 11.7 Å². The van der Waals surface area contributed by atoms with Crippen molar-refractivity contribution in [1.82, 2.24) is 20.3 Å². The molecule has 3 N–H and O–H groups in total. The molecule has 4 atom stereocenters. The summed E-state index contributed by atoms with van der Waals surface area (Å²) in [5.41, 5.74) is 1.53. The van der Waals surface area contributed by atoms with Gasteiger partial charge in [-0.25, -0.2) is 8.42 Å². The molecule has 9 nitrogen and oxygen atoms in total. The predicted molar refractivity (Wildman–Crippen MR) is 130 cm³/mol. The summed E-state index contributed by atoms with van der Waals surface area (Å²) in [5.74, 6) is -0.124. The number of aliphatic hydroxyl groups is 1. The maximum atomic E-state index is 12.4. The highest BCUT2D eigenvalue weighted by Crippen LogP contribution is 2.51. The molecule has 1 saturated heterocycles. The molecule has 2 aliphatic heterocycles. The van der Waals surface area contributed by atoms with Crippen LogP contribution in [0.25, 0.3) is 0 Å². The number of aliphatic hydroxyl groups excluding tert-OH is 1. The van der Waals surface area contributed by atoms with Crippen LogP contribution in [0.3, 0.4) is 0 Å². The summed E-state index contributed by atoms with van der Waals surface area (Å²) in [7, 11) is -3.52. The minimum Gasteiger partial charge on any atom is -0.386 e. The fourth-order valence-electron chi connectivity index (χ4n) is 4.77. The topological polar surface area (TPSA) is 118 Å². The zero-order valence-corrected chi connectivity index (χ0v) is 20.9. The van der Waals surface area contributed by atoms with Gasteiger partial charge in [0.05, 0.1) is 41.2 Å². The smallest absolute Gasteiger partial charge is 0.234 e. The summed E-state index contributed by atoms with van der Waals surface area (Å²) in [6.07, 6.45) is 2.46. The van der Waals surface area contributed by atoms with Crippen molar-refractivity contribution in [3.8, 4) is 0 Å². The number of ether oxygens (including phenoxy) is 1. The largest absolute Gasteiger partial charge is 0.386 e. The number of aromatic nitrogens is 3. The Hall–Kier alpha value is -2.02. The molecule has 4 heterocycles. The van der Waals surface area contributed by atoms with Gasteiger partial charge in [-0.2, -0.15) is 0 Å². The lowest BCUT2D eigenvalue weighted by atomic mass is 9.79. The second-order valence-electron chi connectivity index (χ2n) is 8.88. The number of halogens is 1. The Morgan fingerprint density at radius 1 is 1.35 bits per heavy atom. The summed E-state index contributed by atoms with van der Waals surface area (Å²) in [4.78, 5) is 0.972. The van der Waals surface area contributed by atoms with Crippen LogP contribution in [0, 0.1) is 0 Å². The van der Waals surface area contributed by atoms with Crippen molar-refractivity contribution in [2.45, 2.75) is 50.1 Å². The SMILES string of the molecule is C[C@H]1C[C@@]2(C[C@@H](c3cn(CCS(=O)(=O)Nc4ccccc4)nn3)N1)OC[C@@H](O)c1cc(Cl)sc12. The Kier molecular flexibility index (Phi) is 6.42. The van der Waals surface area contributed by atoms with Crippen molar-refractivity contribution in [3.05, 3.63) is 63.1 Å². The zero-order valence-electron chi connectivity index (χ0n) is 18.5. The number of para-hydroxylation sites is 1. The fraction of sp³-hybridized carbons (Fsp3) is 0.455. The van der Waals surface area contributed by atoms with Gasteiger partial charge in [0.25, 0.3) is 0 Å². The highest BCUT2D eigenvalue weighted by molar-refractivity contribution is 7.92. The fourth-order valence-corrected chi connectivity index (χ4v) is 7.25. The molecular formula is C22H26ClN5O4S2. The number of sulfonamides is 1. The van der Waals surface area contributed by atoms with Crippen LogP contribution in [0.1, 0.15) is 48.0 Å². The van der Waals surface area contributed by atoms with E-state index in [1.54, 1.807) is 35.1 Å². The van der Waals surface area contributed by atoms with Crippen molar-refractivity contribution in [2.75, 3.05) is 17.1 Å². The number of anilines is 1. The Morgan fingerprint density at radius 2 is 2.15 bits per heavy atom. The summed E-state index contributed by atoms with van der Waals surface area (Å²) in [5, 5.41) is 22.4. The van der Waals surface area contributed by atoms with E-state index in [2.05, 4.69) is 27.3 Å². The normalized spacial score (nSPS) is 27.0. The molecule has 0 saturated carbocycles. The van der Waals surface area contributed by atoms with Crippen LogP contribution in [0.5, 0.6) is 0 Å². The van der Waals surface area contributed by atoms with Gasteiger partial charge >= 0.3 is 0 Å². The van der Waals surface area contributed by atoms with Crippen LogP contribution in [0.2, 0.25) is 4.34 Å². The Morgan fingerprint density at radius 3 is 2.94 bits per heavy atom. The standard InChI is InChI=1S/C22H26ClN5O4S2/c1-14-10-22(21-16(9-20(23)33-21)19(29)13-32-22)11-17(24-14)18-12-28(27-25-18)7-8-34(30,31)26-15-5-3-2-4-6-15/h2-6,9,12,14,17,19,24,26,29H,7-8,10-11,13H2,1H3/t14-,17-,19+,22-/m0/s1. The first-order chi connectivity index (χ1) is 16.2. The minimum absolute atomic E-state index is 0.124. The molecule has 0 unspecified atom stereocenters. The number of benzene rings is 1. The van der Waals surface area contributed by atoms with Gasteiger partial charge in [-0.1, -0.05) is 35.0 Å². The molecular weight excluding hydrogens is 498 g/mol. The van der Waals surface area contributed by atoms with E-state index in [1.807, 2.05) is 12.1 Å². The molecule has 0 aliphatic carbocycles. The van der Waals surface area contributed by atoms with Gasteiger partial charge < -0.3 is 15.2 Å². The van der Waals surface area contributed by atoms with Crippen LogP contribution in [0.4, 0.5) is 5.69 Å². The first-order valence-corrected chi connectivity index (χ1v) is 13.9. The number of nitrogens with zero attached hydrogens (tertiary/aromatic N) is 3. The van der Waals surface area contributed by atoms with Crippen LogP contribution in [0.15, 0.2) is 42.6 Å². The molecule has 182 valence electrons. The molecule has 34 heavy (non-hydrogen) atoms. The van der Waals surface area contributed by atoms with Crippen molar-refractivity contribution in [1.29, 1.82) is 0 Å². The van der Waals surface area contributed by atoms with E-state index in [4.69, 9.17) is 16.3 Å². The van der Waals surface area contributed by atoms with E-state index in [9.17, 15) is 13.5 Å². The van der Waals surface area contributed by atoms with Gasteiger partial charge in [-0.3, -0.25) is 9.40 Å². The number of hydrogen-bond acceptors (Lipinski definition) is 8. The maximum Gasteiger partial charge on any atom is 0.234 e. The predicted octanol–water partition coefficient (Wildman–Crippen LogP) is 3.21. The molecule has 3 aromatic rings. The summed E-state index contributed by atoms with van der Waals surface area (Å²) in [6, 6.07) is 10.6. The van der Waals surface area contributed by atoms with Crippen molar-refractivity contribution in [3.63, 3.8) is 0 Å². The molecule has 1 spiro atoms. The lowest BCUT2D eigenvalue weighted by molar-refractivity contribution is -0.129. The van der Waals surface area contributed by atoms with Crippen LogP contribution in [-0.2, 0) is 26.9 Å². The Bertz CT molecular complexity index is 1270. The van der Waals surface area contributed by atoms with E-state index in [-0.39, 0.29) is 31.0 Å². The molecule has 1 fully saturated rings. The van der Waals surface area contributed by atoms with Crippen molar-refractivity contribution >= 4 is 38.6 Å². The first kappa shape index (κ1) is 23.7. The third-order valence-electron chi connectivity index (χ3n) is 6.23. The minimum atomic E-state index is -3.52. The molecule has 5 rings (SSSR count). The first-order valence-electron chi connectivity index (χ1n) is 11.1. The van der Waals surface area contributed by atoms with Gasteiger partial charge in [0.15, 0.2) is 0 Å². The van der Waals surface area contributed by atoms with Gasteiger partial charge in [0.2, 0.25) is 10.0 Å². The van der Waals surface area contributed by atoms with Crippen molar-refractivity contribution < 1.29 is 18.3 Å². The summed E-state index contributed by atoms with van der Waals surface area (Å²) < 4.78 is 35.9. The Balaban J connectivity index is 1.30. The van der Waals surface area contributed by atoms with E-state index in [0.29, 0.717) is 16.4 Å². The molecule has 0 amide bonds.